The summed E-state index contributed by atoms with van der Waals surface area (Å²) in [5.74, 6) is -0.0991. The van der Waals surface area contributed by atoms with Crippen LogP contribution in [0.2, 0.25) is 0 Å². The lowest BCUT2D eigenvalue weighted by molar-refractivity contribution is 0.0695. The van der Waals surface area contributed by atoms with Crippen molar-refractivity contribution in [2.75, 3.05) is 18.8 Å². The van der Waals surface area contributed by atoms with Gasteiger partial charge in [-0.25, -0.2) is 4.79 Å². The van der Waals surface area contributed by atoms with Gasteiger partial charge in [0, 0.05) is 53.9 Å². The number of carboxylic acid groups (broad SMARTS) is 1. The van der Waals surface area contributed by atoms with E-state index in [1.807, 2.05) is 32.9 Å². The molecule has 1 aliphatic heterocycles. The molecule has 0 spiro atoms. The fourth-order valence-electron chi connectivity index (χ4n) is 5.11. The highest BCUT2D eigenvalue weighted by atomic mass is 16.5. The van der Waals surface area contributed by atoms with Crippen molar-refractivity contribution in [3.05, 3.63) is 81.6 Å². The first kappa shape index (κ1) is 27.2. The van der Waals surface area contributed by atoms with Gasteiger partial charge in [-0.3, -0.25) is 9.79 Å². The standard InChI is InChI=1S/C31H37N3O4/c1-6-17(3)10-11-34-30(35)20-8-9-21(22(14-20)31(36)37)29-23-12-18(4)25(32)15-27(23)38-28-16-26(33-7-2)19(5)13-24(28)29/h8-9,12-17,24,29H,6-7,10-11,32H2,1-5H3,(H,34,35)(H,36,37). The minimum Gasteiger partial charge on any atom is -0.478 e. The van der Waals surface area contributed by atoms with Gasteiger partial charge in [-0.15, -0.1) is 0 Å². The third-order valence-electron chi connectivity index (χ3n) is 7.59. The Morgan fingerprint density at radius 1 is 1.16 bits per heavy atom. The zero-order chi connectivity index (χ0) is 27.6. The predicted molar refractivity (Wildman–Crippen MR) is 151 cm³/mol. The number of nitrogen functional groups attached to an aromatic ring is 1. The average Bonchev–Trinajstić information content (AvgIpc) is 2.88. The Labute approximate surface area is 224 Å². The number of amides is 1. The number of aromatic carboxylic acids is 1. The minimum absolute atomic E-state index is 0.102. The highest BCUT2D eigenvalue weighted by Gasteiger charge is 2.39. The molecule has 2 aromatic carbocycles. The van der Waals surface area contributed by atoms with Crippen LogP contribution in [0, 0.1) is 18.8 Å². The lowest BCUT2D eigenvalue weighted by atomic mass is 9.73. The Bertz CT molecular complexity index is 1360. The molecule has 1 aliphatic carbocycles. The van der Waals surface area contributed by atoms with Gasteiger partial charge in [0.25, 0.3) is 5.91 Å². The summed E-state index contributed by atoms with van der Waals surface area (Å²) >= 11 is 0. The third-order valence-corrected chi connectivity index (χ3v) is 7.59. The first-order chi connectivity index (χ1) is 18.1. The molecule has 2 aromatic rings. The number of nitrogens with one attached hydrogen (secondary N) is 1. The smallest absolute Gasteiger partial charge is 0.336 e. The van der Waals surface area contributed by atoms with Crippen LogP contribution in [0.4, 0.5) is 5.69 Å². The molecule has 1 heterocycles. The van der Waals surface area contributed by atoms with Crippen LogP contribution in [0.1, 0.15) is 83.9 Å². The number of allylic oxidation sites excluding steroid dienone is 3. The van der Waals surface area contributed by atoms with E-state index in [1.54, 1.807) is 18.2 Å². The zero-order valence-corrected chi connectivity index (χ0v) is 22.8. The number of fused-ring (bicyclic) bond motifs is 2. The van der Waals surface area contributed by atoms with Crippen LogP contribution in [0.25, 0.3) is 0 Å². The maximum Gasteiger partial charge on any atom is 0.336 e. The molecule has 4 rings (SSSR count). The summed E-state index contributed by atoms with van der Waals surface area (Å²) in [6, 6.07) is 8.76. The number of benzene rings is 2. The molecule has 0 radical (unpaired) electrons. The molecule has 0 fully saturated rings. The van der Waals surface area contributed by atoms with Crippen LogP contribution < -0.4 is 15.8 Å². The summed E-state index contributed by atoms with van der Waals surface area (Å²) in [7, 11) is 0. The Morgan fingerprint density at radius 3 is 2.61 bits per heavy atom. The quantitative estimate of drug-likeness (QED) is 0.380. The maximum absolute atomic E-state index is 12.9. The van der Waals surface area contributed by atoms with Crippen LogP contribution >= 0.6 is 0 Å². The number of rotatable bonds is 8. The zero-order valence-electron chi connectivity index (χ0n) is 22.8. The van der Waals surface area contributed by atoms with E-state index in [4.69, 9.17) is 10.5 Å². The molecular formula is C31H37N3O4. The van der Waals surface area contributed by atoms with Gasteiger partial charge in [0.1, 0.15) is 11.5 Å². The number of carbonyl (C=O) groups excluding carboxylic acids is 1. The fraction of sp³-hybridized carbons (Fsp3) is 0.387. The van der Waals surface area contributed by atoms with Gasteiger partial charge in [0.05, 0.1) is 11.3 Å². The van der Waals surface area contributed by atoms with Crippen molar-refractivity contribution in [2.45, 2.75) is 53.4 Å². The molecule has 4 N–H and O–H groups in total. The number of aryl methyl sites for hydroxylation is 1. The predicted octanol–water partition coefficient (Wildman–Crippen LogP) is 5.89. The molecule has 3 atom stereocenters. The van der Waals surface area contributed by atoms with E-state index >= 15 is 0 Å². The highest BCUT2D eigenvalue weighted by molar-refractivity contribution is 6.09. The van der Waals surface area contributed by atoms with Crippen LogP contribution in [0.15, 0.2) is 58.8 Å². The lowest BCUT2D eigenvalue weighted by Gasteiger charge is -2.37. The van der Waals surface area contributed by atoms with Gasteiger partial charge < -0.3 is 20.9 Å². The number of aliphatic imine (C=N–C) groups is 1. The number of carbonyl (C=O) groups is 2. The molecule has 200 valence electrons. The number of carboxylic acids is 1. The molecule has 1 amide bonds. The van der Waals surface area contributed by atoms with Crippen molar-refractivity contribution < 1.29 is 19.4 Å². The Balaban J connectivity index is 1.80. The van der Waals surface area contributed by atoms with Gasteiger partial charge >= 0.3 is 5.97 Å². The Hall–Kier alpha value is -3.87. The molecule has 0 aromatic heterocycles. The van der Waals surface area contributed by atoms with Crippen LogP contribution in [-0.4, -0.2) is 35.8 Å². The van der Waals surface area contributed by atoms with Crippen LogP contribution in [0.5, 0.6) is 5.75 Å². The Kier molecular flexibility index (Phi) is 8.05. The summed E-state index contributed by atoms with van der Waals surface area (Å²) < 4.78 is 6.33. The average molecular weight is 516 g/mol. The molecule has 2 aliphatic rings. The third kappa shape index (κ3) is 5.37. The summed E-state index contributed by atoms with van der Waals surface area (Å²) in [5.41, 5.74) is 11.5. The van der Waals surface area contributed by atoms with E-state index in [-0.39, 0.29) is 23.3 Å². The molecule has 3 unspecified atom stereocenters. The number of hydrogen-bond donors (Lipinski definition) is 3. The lowest BCUT2D eigenvalue weighted by Crippen LogP contribution is -2.29. The van der Waals surface area contributed by atoms with Gasteiger partial charge in [-0.2, -0.15) is 0 Å². The number of nitrogens with two attached hydrogens (primary N) is 1. The molecule has 7 heteroatoms. The molecule has 0 saturated carbocycles. The van der Waals surface area contributed by atoms with Gasteiger partial charge in [-0.05, 0) is 68.0 Å². The van der Waals surface area contributed by atoms with Crippen molar-refractivity contribution in [3.8, 4) is 5.75 Å². The molecule has 0 bridgehead atoms. The summed E-state index contributed by atoms with van der Waals surface area (Å²) in [5, 5.41) is 13.2. The van der Waals surface area contributed by atoms with Crippen LogP contribution in [0.3, 0.4) is 0 Å². The van der Waals surface area contributed by atoms with E-state index in [0.717, 1.165) is 35.3 Å². The maximum atomic E-state index is 12.9. The van der Waals surface area contributed by atoms with Gasteiger partial charge in [0.2, 0.25) is 0 Å². The topological polar surface area (TPSA) is 114 Å². The van der Waals surface area contributed by atoms with Crippen molar-refractivity contribution in [2.24, 2.45) is 16.8 Å². The Morgan fingerprint density at radius 2 is 1.92 bits per heavy atom. The highest BCUT2D eigenvalue weighted by Crippen LogP contribution is 2.49. The number of ether oxygens (including phenoxy) is 1. The van der Waals surface area contributed by atoms with Crippen molar-refractivity contribution in [1.82, 2.24) is 5.32 Å². The summed E-state index contributed by atoms with van der Waals surface area (Å²) in [6.45, 7) is 11.4. The van der Waals surface area contributed by atoms with E-state index in [2.05, 4.69) is 30.2 Å². The largest absolute Gasteiger partial charge is 0.478 e. The van der Waals surface area contributed by atoms with Crippen molar-refractivity contribution in [3.63, 3.8) is 0 Å². The SMILES string of the molecule is CCN=C1C=C2Oc3cc(N)c(C)cc3C(c3ccc(C(=O)NCCC(C)CC)cc3C(=O)O)C2C=C1C. The second-order valence-corrected chi connectivity index (χ2v) is 10.3. The van der Waals surface area contributed by atoms with E-state index in [0.29, 0.717) is 47.3 Å². The first-order valence-corrected chi connectivity index (χ1v) is 13.3. The fourth-order valence-corrected chi connectivity index (χ4v) is 5.11. The number of anilines is 1. The monoisotopic (exact) mass is 515 g/mol. The number of hydrogen-bond acceptors (Lipinski definition) is 5. The van der Waals surface area contributed by atoms with Crippen molar-refractivity contribution in [1.29, 1.82) is 0 Å². The molecular weight excluding hydrogens is 478 g/mol. The molecule has 38 heavy (non-hydrogen) atoms. The summed E-state index contributed by atoms with van der Waals surface area (Å²) in [4.78, 5) is 30.0. The second kappa shape index (κ2) is 11.3. The van der Waals surface area contributed by atoms with Gasteiger partial charge in [0.15, 0.2) is 0 Å². The van der Waals surface area contributed by atoms with Gasteiger partial charge in [-0.1, -0.05) is 32.4 Å². The summed E-state index contributed by atoms with van der Waals surface area (Å²) in [6.07, 6.45) is 5.96. The molecule has 7 nitrogen and oxygen atoms in total. The van der Waals surface area contributed by atoms with E-state index in [1.165, 1.54) is 6.07 Å². The van der Waals surface area contributed by atoms with E-state index in [9.17, 15) is 14.7 Å². The normalized spacial score (nSPS) is 20.0. The number of nitrogens with zero attached hydrogens (tertiary/aromatic N) is 1. The van der Waals surface area contributed by atoms with E-state index < -0.39 is 5.97 Å². The second-order valence-electron chi connectivity index (χ2n) is 10.3. The molecule has 0 saturated heterocycles. The minimum atomic E-state index is -1.08. The van der Waals surface area contributed by atoms with Crippen molar-refractivity contribution >= 4 is 23.3 Å². The van der Waals surface area contributed by atoms with Crippen LogP contribution in [-0.2, 0) is 0 Å². The first-order valence-electron chi connectivity index (χ1n) is 13.3.